The van der Waals surface area contributed by atoms with Gasteiger partial charge in [0.25, 0.3) is 5.56 Å². The molecule has 0 unspecified atom stereocenters. The van der Waals surface area contributed by atoms with Gasteiger partial charge in [-0.2, -0.15) is 0 Å². The summed E-state index contributed by atoms with van der Waals surface area (Å²) in [5.74, 6) is -1.55. The van der Waals surface area contributed by atoms with Crippen LogP contribution in [0.25, 0.3) is 11.4 Å². The van der Waals surface area contributed by atoms with E-state index >= 15 is 0 Å². The number of hydrogen-bond donors (Lipinski definition) is 2. The largest absolute Gasteiger partial charge is 0.477 e. The first-order chi connectivity index (χ1) is 8.08. The van der Waals surface area contributed by atoms with E-state index < -0.39 is 22.9 Å². The minimum Gasteiger partial charge on any atom is -0.477 e. The minimum absolute atomic E-state index is 0.194. The van der Waals surface area contributed by atoms with Gasteiger partial charge in [0.15, 0.2) is 0 Å². The molecule has 0 aliphatic carbocycles. The fourth-order valence-corrected chi connectivity index (χ4v) is 1.30. The average molecular weight is 234 g/mol. The fraction of sp³-hybridized carbons (Fsp3) is 0. The first-order valence-corrected chi connectivity index (χ1v) is 4.66. The molecule has 0 saturated heterocycles. The van der Waals surface area contributed by atoms with Crippen LogP contribution in [0, 0.1) is 5.82 Å². The smallest absolute Gasteiger partial charge is 0.342 e. The zero-order chi connectivity index (χ0) is 12.4. The lowest BCUT2D eigenvalue weighted by Gasteiger charge is -2.00. The number of aromatic carboxylic acids is 1. The lowest BCUT2D eigenvalue weighted by molar-refractivity contribution is 0.0694. The van der Waals surface area contributed by atoms with Crippen LogP contribution in [0.3, 0.4) is 0 Å². The molecule has 0 aliphatic heterocycles. The number of halogens is 1. The lowest BCUT2D eigenvalue weighted by atomic mass is 10.2. The number of nitrogens with one attached hydrogen (secondary N) is 1. The van der Waals surface area contributed by atoms with Gasteiger partial charge in [-0.05, 0) is 24.3 Å². The van der Waals surface area contributed by atoms with Crippen LogP contribution < -0.4 is 5.56 Å². The molecule has 0 amide bonds. The van der Waals surface area contributed by atoms with Crippen molar-refractivity contribution in [2.75, 3.05) is 0 Å². The van der Waals surface area contributed by atoms with Crippen LogP contribution in [-0.4, -0.2) is 21.0 Å². The summed E-state index contributed by atoms with van der Waals surface area (Å²) < 4.78 is 12.7. The van der Waals surface area contributed by atoms with E-state index in [2.05, 4.69) is 9.97 Å². The number of nitrogens with zero attached hydrogens (tertiary/aromatic N) is 1. The number of carboxylic acid groups (broad SMARTS) is 1. The average Bonchev–Trinajstić information content (AvgIpc) is 2.29. The Morgan fingerprint density at radius 1 is 1.29 bits per heavy atom. The van der Waals surface area contributed by atoms with Gasteiger partial charge >= 0.3 is 5.97 Å². The van der Waals surface area contributed by atoms with Gasteiger partial charge in [0.2, 0.25) is 0 Å². The molecular weight excluding hydrogens is 227 g/mol. The molecule has 0 radical (unpaired) electrons. The van der Waals surface area contributed by atoms with Crippen molar-refractivity contribution in [3.05, 3.63) is 52.2 Å². The van der Waals surface area contributed by atoms with Gasteiger partial charge in [0.05, 0.1) is 0 Å². The molecule has 0 bridgehead atoms. The molecule has 86 valence electrons. The Hall–Kier alpha value is -2.50. The first-order valence-electron chi connectivity index (χ1n) is 4.66. The van der Waals surface area contributed by atoms with Gasteiger partial charge in [0, 0.05) is 11.8 Å². The summed E-state index contributed by atoms with van der Waals surface area (Å²) in [5, 5.41) is 8.65. The molecule has 2 rings (SSSR count). The van der Waals surface area contributed by atoms with Crippen molar-refractivity contribution in [1.82, 2.24) is 9.97 Å². The highest BCUT2D eigenvalue weighted by atomic mass is 19.1. The summed E-state index contributed by atoms with van der Waals surface area (Å²) in [4.78, 5) is 28.1. The first kappa shape index (κ1) is 11.0. The molecule has 6 heteroatoms. The SMILES string of the molecule is O=C(O)c1cnc(-c2ccc(F)cc2)[nH]c1=O. The van der Waals surface area contributed by atoms with Crippen molar-refractivity contribution >= 4 is 5.97 Å². The van der Waals surface area contributed by atoms with Gasteiger partial charge in [-0.15, -0.1) is 0 Å². The Labute approximate surface area is 94.6 Å². The summed E-state index contributed by atoms with van der Waals surface area (Å²) in [6.45, 7) is 0. The molecule has 0 saturated carbocycles. The number of hydrogen-bond acceptors (Lipinski definition) is 3. The monoisotopic (exact) mass is 234 g/mol. The van der Waals surface area contributed by atoms with Crippen molar-refractivity contribution in [3.8, 4) is 11.4 Å². The maximum absolute atomic E-state index is 12.7. The van der Waals surface area contributed by atoms with Crippen molar-refractivity contribution in [1.29, 1.82) is 0 Å². The Bertz CT molecular complexity index is 619. The zero-order valence-corrected chi connectivity index (χ0v) is 8.48. The minimum atomic E-state index is -1.34. The predicted octanol–water partition coefficient (Wildman–Crippen LogP) is 1.27. The van der Waals surface area contributed by atoms with E-state index in [1.54, 1.807) is 0 Å². The normalized spacial score (nSPS) is 10.2. The van der Waals surface area contributed by atoms with Crippen LogP contribution in [0.5, 0.6) is 0 Å². The van der Waals surface area contributed by atoms with Gasteiger partial charge in [0.1, 0.15) is 17.2 Å². The maximum Gasteiger partial charge on any atom is 0.342 e. The molecule has 0 fully saturated rings. The van der Waals surface area contributed by atoms with Gasteiger partial charge < -0.3 is 10.1 Å². The fourth-order valence-electron chi connectivity index (χ4n) is 1.30. The third kappa shape index (κ3) is 2.20. The van der Waals surface area contributed by atoms with Crippen molar-refractivity contribution in [2.24, 2.45) is 0 Å². The van der Waals surface area contributed by atoms with E-state index in [4.69, 9.17) is 5.11 Å². The van der Waals surface area contributed by atoms with Gasteiger partial charge in [-0.1, -0.05) is 0 Å². The Kier molecular flexibility index (Phi) is 2.70. The summed E-state index contributed by atoms with van der Waals surface area (Å²) in [5.41, 5.74) is -0.678. The lowest BCUT2D eigenvalue weighted by Crippen LogP contribution is -2.18. The standard InChI is InChI=1S/C11H7FN2O3/c12-7-3-1-6(2-4-7)9-13-5-8(11(16)17)10(15)14-9/h1-5H,(H,16,17)(H,13,14,15). The number of carboxylic acids is 1. The van der Waals surface area contributed by atoms with Crippen LogP contribution in [0.1, 0.15) is 10.4 Å². The Morgan fingerprint density at radius 3 is 2.47 bits per heavy atom. The summed E-state index contributed by atoms with van der Waals surface area (Å²) in [6.07, 6.45) is 0.972. The number of benzene rings is 1. The summed E-state index contributed by atoms with van der Waals surface area (Å²) >= 11 is 0. The van der Waals surface area contributed by atoms with Crippen LogP contribution in [0.4, 0.5) is 4.39 Å². The molecule has 2 N–H and O–H groups in total. The quantitative estimate of drug-likeness (QED) is 0.819. The van der Waals surface area contributed by atoms with Gasteiger partial charge in [-0.25, -0.2) is 14.2 Å². The summed E-state index contributed by atoms with van der Waals surface area (Å²) in [7, 11) is 0. The van der Waals surface area contributed by atoms with Crippen LogP contribution in [0.2, 0.25) is 0 Å². The number of aromatic nitrogens is 2. The topological polar surface area (TPSA) is 83.0 Å². The molecule has 1 aromatic carbocycles. The van der Waals surface area contributed by atoms with Crippen molar-refractivity contribution in [3.63, 3.8) is 0 Å². The third-order valence-corrected chi connectivity index (χ3v) is 2.15. The van der Waals surface area contributed by atoms with E-state index in [1.807, 2.05) is 0 Å². The second-order valence-electron chi connectivity index (χ2n) is 3.29. The second-order valence-corrected chi connectivity index (χ2v) is 3.29. The molecule has 17 heavy (non-hydrogen) atoms. The molecule has 0 atom stereocenters. The highest BCUT2D eigenvalue weighted by Crippen LogP contribution is 2.13. The number of aromatic amines is 1. The number of rotatable bonds is 2. The zero-order valence-electron chi connectivity index (χ0n) is 8.48. The van der Waals surface area contributed by atoms with Crippen LogP contribution >= 0.6 is 0 Å². The molecule has 5 nitrogen and oxygen atoms in total. The van der Waals surface area contributed by atoms with E-state index in [-0.39, 0.29) is 5.82 Å². The molecular formula is C11H7FN2O3. The summed E-state index contributed by atoms with van der Waals surface area (Å²) in [6, 6.07) is 5.32. The predicted molar refractivity (Wildman–Crippen MR) is 57.2 cm³/mol. The molecule has 1 heterocycles. The maximum atomic E-state index is 12.7. The third-order valence-electron chi connectivity index (χ3n) is 2.15. The molecule has 0 spiro atoms. The van der Waals surface area contributed by atoms with Crippen LogP contribution in [0.15, 0.2) is 35.3 Å². The molecule has 1 aromatic heterocycles. The van der Waals surface area contributed by atoms with E-state index in [0.29, 0.717) is 5.56 Å². The number of carbonyl (C=O) groups is 1. The van der Waals surface area contributed by atoms with E-state index in [1.165, 1.54) is 24.3 Å². The van der Waals surface area contributed by atoms with Crippen molar-refractivity contribution in [2.45, 2.75) is 0 Å². The number of H-pyrrole nitrogens is 1. The highest BCUT2D eigenvalue weighted by molar-refractivity contribution is 5.86. The molecule has 2 aromatic rings. The van der Waals surface area contributed by atoms with Crippen LogP contribution in [-0.2, 0) is 0 Å². The Balaban J connectivity index is 2.48. The highest BCUT2D eigenvalue weighted by Gasteiger charge is 2.10. The van der Waals surface area contributed by atoms with Crippen molar-refractivity contribution < 1.29 is 14.3 Å². The van der Waals surface area contributed by atoms with Gasteiger partial charge in [-0.3, -0.25) is 4.79 Å². The van der Waals surface area contributed by atoms with E-state index in [9.17, 15) is 14.0 Å². The Morgan fingerprint density at radius 2 is 1.94 bits per heavy atom. The van der Waals surface area contributed by atoms with E-state index in [0.717, 1.165) is 6.20 Å². The second kappa shape index (κ2) is 4.17. The molecule has 0 aliphatic rings.